The van der Waals surface area contributed by atoms with Crippen LogP contribution in [0.4, 0.5) is 11.4 Å². The molecule has 4 aromatic rings. The van der Waals surface area contributed by atoms with Crippen molar-refractivity contribution in [1.82, 2.24) is 4.98 Å². The maximum Gasteiger partial charge on any atom is 0.154 e. The number of aryl methyl sites for hydroxylation is 5. The van der Waals surface area contributed by atoms with Gasteiger partial charge in [-0.3, -0.25) is 0 Å². The molecule has 4 heteroatoms. The van der Waals surface area contributed by atoms with Crippen LogP contribution in [0.2, 0.25) is 0 Å². The average molecular weight is 534 g/mol. The Labute approximate surface area is 239 Å². The molecule has 4 fully saturated rings. The lowest BCUT2D eigenvalue weighted by molar-refractivity contribution is 0.0108. The molecule has 3 aromatic carbocycles. The van der Waals surface area contributed by atoms with Crippen molar-refractivity contribution in [3.05, 3.63) is 64.2 Å². The van der Waals surface area contributed by atoms with Crippen molar-refractivity contribution in [2.75, 3.05) is 24.3 Å². The van der Waals surface area contributed by atoms with Gasteiger partial charge in [0.05, 0.1) is 16.9 Å². The number of rotatable bonds is 5. The third-order valence-corrected chi connectivity index (χ3v) is 9.91. The van der Waals surface area contributed by atoms with E-state index in [9.17, 15) is 0 Å². The highest BCUT2D eigenvalue weighted by molar-refractivity contribution is 6.12. The molecule has 0 spiro atoms. The molecule has 0 aliphatic heterocycles. The molecule has 0 radical (unpaired) electrons. The minimum absolute atomic E-state index is 0.215. The van der Waals surface area contributed by atoms with E-state index in [1.165, 1.54) is 72.0 Å². The monoisotopic (exact) mass is 533 g/mol. The lowest BCUT2D eigenvalue weighted by Gasteiger charge is -2.57. The molecule has 4 bridgehead atoms. The lowest BCUT2D eigenvalue weighted by Crippen LogP contribution is -2.54. The molecule has 0 saturated heterocycles. The predicted octanol–water partition coefficient (Wildman–Crippen LogP) is 9.17. The van der Waals surface area contributed by atoms with Crippen molar-refractivity contribution in [1.29, 1.82) is 0 Å². The third kappa shape index (κ3) is 4.22. The summed E-state index contributed by atoms with van der Waals surface area (Å²) in [6.45, 7) is 10.8. The van der Waals surface area contributed by atoms with Crippen LogP contribution in [0.15, 0.2) is 36.4 Å². The van der Waals surface area contributed by atoms with Gasteiger partial charge in [0.15, 0.2) is 5.75 Å². The Bertz CT molecular complexity index is 1610. The maximum atomic E-state index is 6.77. The van der Waals surface area contributed by atoms with Crippen LogP contribution in [0.25, 0.3) is 21.8 Å². The van der Waals surface area contributed by atoms with Crippen molar-refractivity contribution < 1.29 is 4.74 Å². The first kappa shape index (κ1) is 25.7. The molecule has 8 rings (SSSR count). The van der Waals surface area contributed by atoms with Gasteiger partial charge in [-0.2, -0.15) is 0 Å². The first-order valence-electron chi connectivity index (χ1n) is 15.2. The second-order valence-electron chi connectivity index (χ2n) is 13.9. The lowest BCUT2D eigenvalue weighted by atomic mass is 9.53. The fourth-order valence-corrected chi connectivity index (χ4v) is 9.02. The van der Waals surface area contributed by atoms with Gasteiger partial charge in [-0.05, 0) is 137 Å². The SMILES string of the molecule is Cc1cc(C)c(Oc2cc(C)cc3c(N(C)C)c4cc(C)cc(NC56CC7CC(CC(C7)C5)C6)c4nc23)c(C)c1. The van der Waals surface area contributed by atoms with Gasteiger partial charge in [0, 0.05) is 30.4 Å². The summed E-state index contributed by atoms with van der Waals surface area (Å²) in [5, 5.41) is 6.54. The van der Waals surface area contributed by atoms with Gasteiger partial charge in [0.25, 0.3) is 0 Å². The summed E-state index contributed by atoms with van der Waals surface area (Å²) in [5.74, 6) is 4.44. The van der Waals surface area contributed by atoms with E-state index in [0.717, 1.165) is 56.8 Å². The fraction of sp³-hybridized carbons (Fsp3) is 0.472. The zero-order chi connectivity index (χ0) is 27.9. The van der Waals surface area contributed by atoms with Gasteiger partial charge >= 0.3 is 0 Å². The Balaban J connectivity index is 1.43. The van der Waals surface area contributed by atoms with Crippen LogP contribution in [0.3, 0.4) is 0 Å². The zero-order valence-electron chi connectivity index (χ0n) is 25.2. The van der Waals surface area contributed by atoms with E-state index < -0.39 is 0 Å². The molecule has 4 aliphatic carbocycles. The molecular weight excluding hydrogens is 490 g/mol. The largest absolute Gasteiger partial charge is 0.455 e. The van der Waals surface area contributed by atoms with Gasteiger partial charge in [-0.15, -0.1) is 0 Å². The second-order valence-corrected chi connectivity index (χ2v) is 13.9. The molecule has 0 unspecified atom stereocenters. The summed E-state index contributed by atoms with van der Waals surface area (Å²) in [4.78, 5) is 7.72. The van der Waals surface area contributed by atoms with Crippen molar-refractivity contribution in [2.45, 2.75) is 78.7 Å². The second kappa shape index (κ2) is 9.12. The van der Waals surface area contributed by atoms with E-state index in [2.05, 4.69) is 95.3 Å². The van der Waals surface area contributed by atoms with E-state index in [-0.39, 0.29) is 5.54 Å². The molecule has 208 valence electrons. The van der Waals surface area contributed by atoms with Crippen molar-refractivity contribution in [3.8, 4) is 11.5 Å². The minimum atomic E-state index is 0.215. The Morgan fingerprint density at radius 3 is 1.82 bits per heavy atom. The number of aromatic nitrogens is 1. The number of anilines is 2. The Morgan fingerprint density at radius 2 is 1.25 bits per heavy atom. The minimum Gasteiger partial charge on any atom is -0.455 e. The molecular formula is C36H43N3O. The molecule has 1 heterocycles. The van der Waals surface area contributed by atoms with Gasteiger partial charge < -0.3 is 15.0 Å². The van der Waals surface area contributed by atoms with Crippen molar-refractivity contribution in [2.24, 2.45) is 17.8 Å². The molecule has 1 N–H and O–H groups in total. The highest BCUT2D eigenvalue weighted by atomic mass is 16.5. The van der Waals surface area contributed by atoms with Crippen LogP contribution < -0.4 is 15.0 Å². The molecule has 0 amide bonds. The average Bonchev–Trinajstić information content (AvgIpc) is 2.83. The zero-order valence-corrected chi connectivity index (χ0v) is 25.2. The third-order valence-electron chi connectivity index (χ3n) is 9.91. The Hall–Kier alpha value is -3.27. The van der Waals surface area contributed by atoms with E-state index >= 15 is 0 Å². The molecule has 1 aromatic heterocycles. The number of nitrogens with zero attached hydrogens (tertiary/aromatic N) is 2. The molecule has 4 nitrogen and oxygen atoms in total. The van der Waals surface area contributed by atoms with Crippen LogP contribution in [-0.4, -0.2) is 24.6 Å². The van der Waals surface area contributed by atoms with Crippen LogP contribution in [0.1, 0.15) is 66.3 Å². The fourth-order valence-electron chi connectivity index (χ4n) is 9.02. The molecule has 0 atom stereocenters. The van der Waals surface area contributed by atoms with E-state index in [1.54, 1.807) is 0 Å². The Kier molecular flexibility index (Phi) is 5.86. The van der Waals surface area contributed by atoms with Crippen LogP contribution in [0, 0.1) is 52.4 Å². The van der Waals surface area contributed by atoms with Gasteiger partial charge in [-0.25, -0.2) is 4.98 Å². The summed E-state index contributed by atoms with van der Waals surface area (Å²) in [5.41, 5.74) is 10.6. The predicted molar refractivity (Wildman–Crippen MR) is 168 cm³/mol. The van der Waals surface area contributed by atoms with Crippen molar-refractivity contribution >= 4 is 33.2 Å². The standard InChI is InChI=1S/C36H43N3O/c1-20-8-23(4)35(24(5)9-20)40-31-13-22(3)11-29-33(31)37-32-28(34(29)39(6)7)10-21(2)12-30(32)38-36-17-25-14-26(18-36)16-27(15-25)19-36/h8-13,25-27,38H,14-19H2,1-7H3. The number of pyridine rings is 1. The molecule has 4 aliphatic rings. The topological polar surface area (TPSA) is 37.4 Å². The maximum absolute atomic E-state index is 6.77. The highest BCUT2D eigenvalue weighted by Crippen LogP contribution is 2.57. The molecule has 4 saturated carbocycles. The van der Waals surface area contributed by atoms with Gasteiger partial charge in [0.2, 0.25) is 0 Å². The van der Waals surface area contributed by atoms with Crippen LogP contribution >= 0.6 is 0 Å². The smallest absolute Gasteiger partial charge is 0.154 e. The summed E-state index contributed by atoms with van der Waals surface area (Å²) in [6, 6.07) is 13.5. The molecule has 40 heavy (non-hydrogen) atoms. The number of hydrogen-bond donors (Lipinski definition) is 1. The Morgan fingerprint density at radius 1 is 0.725 bits per heavy atom. The summed E-state index contributed by atoms with van der Waals surface area (Å²) < 4.78 is 6.77. The number of hydrogen-bond acceptors (Lipinski definition) is 4. The number of benzene rings is 3. The van der Waals surface area contributed by atoms with E-state index in [0.29, 0.717) is 0 Å². The van der Waals surface area contributed by atoms with E-state index in [1.807, 2.05) is 0 Å². The number of nitrogens with one attached hydrogen (secondary N) is 1. The first-order valence-corrected chi connectivity index (χ1v) is 15.2. The summed E-state index contributed by atoms with van der Waals surface area (Å²) in [6.07, 6.45) is 8.26. The van der Waals surface area contributed by atoms with Crippen molar-refractivity contribution in [3.63, 3.8) is 0 Å². The normalized spacial score (nSPS) is 25.1. The van der Waals surface area contributed by atoms with Gasteiger partial charge in [-0.1, -0.05) is 17.7 Å². The van der Waals surface area contributed by atoms with Crippen LogP contribution in [-0.2, 0) is 0 Å². The summed E-state index contributed by atoms with van der Waals surface area (Å²) in [7, 11) is 4.31. The highest BCUT2D eigenvalue weighted by Gasteiger charge is 2.51. The van der Waals surface area contributed by atoms with Crippen LogP contribution in [0.5, 0.6) is 11.5 Å². The van der Waals surface area contributed by atoms with Gasteiger partial charge in [0.1, 0.15) is 11.3 Å². The quantitative estimate of drug-likeness (QED) is 0.260. The summed E-state index contributed by atoms with van der Waals surface area (Å²) >= 11 is 0. The number of fused-ring (bicyclic) bond motifs is 2. The number of ether oxygens (including phenoxy) is 1. The first-order chi connectivity index (χ1) is 19.1. The van der Waals surface area contributed by atoms with E-state index in [4.69, 9.17) is 9.72 Å².